The van der Waals surface area contributed by atoms with Crippen LogP contribution >= 0.6 is 0 Å². The average Bonchev–Trinajstić information content (AvgIpc) is 2.40. The third kappa shape index (κ3) is 1.41. The fraction of sp³-hybridized carbons (Fsp3) is 0.300. The first-order chi connectivity index (χ1) is 7.32. The molecule has 6 heteroatoms. The summed E-state index contributed by atoms with van der Waals surface area (Å²) in [4.78, 5) is 12.6. The topological polar surface area (TPSA) is 46.3 Å². The quantitative estimate of drug-likeness (QED) is 0.691. The fourth-order valence-electron chi connectivity index (χ4n) is 1.89. The lowest BCUT2D eigenvalue weighted by atomic mass is 10.0. The molecule has 16 heavy (non-hydrogen) atoms. The van der Waals surface area contributed by atoms with Gasteiger partial charge in [0, 0.05) is 18.4 Å². The molecule has 2 N–H and O–H groups in total. The number of hydrogen-bond acceptors (Lipinski definition) is 2. The minimum Gasteiger partial charge on any atom is -0.398 e. The Hall–Kier alpha value is -1.72. The highest BCUT2D eigenvalue weighted by molar-refractivity contribution is 6.02. The predicted molar refractivity (Wildman–Crippen MR) is 53.0 cm³/mol. The second-order valence-electron chi connectivity index (χ2n) is 3.65. The first-order valence-corrected chi connectivity index (χ1v) is 4.57. The van der Waals surface area contributed by atoms with Crippen LogP contribution in [-0.4, -0.2) is 13.0 Å². The molecule has 0 bridgehead atoms. The maximum Gasteiger partial charge on any atom is 0.418 e. The van der Waals surface area contributed by atoms with Crippen molar-refractivity contribution in [2.75, 3.05) is 17.7 Å². The second-order valence-corrected chi connectivity index (χ2v) is 3.65. The Morgan fingerprint density at radius 1 is 1.38 bits per heavy atom. The predicted octanol–water partition coefficient (Wildman–Crippen LogP) is 1.81. The van der Waals surface area contributed by atoms with Crippen molar-refractivity contribution in [2.24, 2.45) is 0 Å². The summed E-state index contributed by atoms with van der Waals surface area (Å²) in [6, 6.07) is 2.61. The van der Waals surface area contributed by atoms with E-state index in [0.717, 1.165) is 0 Å². The van der Waals surface area contributed by atoms with Gasteiger partial charge in [0.05, 0.1) is 12.0 Å². The van der Waals surface area contributed by atoms with Crippen molar-refractivity contribution >= 4 is 17.3 Å². The van der Waals surface area contributed by atoms with E-state index in [2.05, 4.69) is 0 Å². The minimum atomic E-state index is -4.53. The van der Waals surface area contributed by atoms with E-state index in [4.69, 9.17) is 5.73 Å². The van der Waals surface area contributed by atoms with Crippen molar-refractivity contribution in [1.29, 1.82) is 0 Å². The number of nitrogens with two attached hydrogens (primary N) is 1. The van der Waals surface area contributed by atoms with Gasteiger partial charge < -0.3 is 10.6 Å². The molecule has 1 aliphatic heterocycles. The maximum atomic E-state index is 12.7. The number of benzene rings is 1. The van der Waals surface area contributed by atoms with E-state index in [1.807, 2.05) is 0 Å². The Kier molecular flexibility index (Phi) is 2.11. The molecule has 0 saturated carbocycles. The lowest BCUT2D eigenvalue weighted by molar-refractivity contribution is -0.137. The number of fused-ring (bicyclic) bond motifs is 1. The summed E-state index contributed by atoms with van der Waals surface area (Å²) in [5.74, 6) is -0.355. The molecule has 0 saturated heterocycles. The Bertz CT molecular complexity index is 468. The minimum absolute atomic E-state index is 0.0278. The Morgan fingerprint density at radius 2 is 2.00 bits per heavy atom. The summed E-state index contributed by atoms with van der Waals surface area (Å²) >= 11 is 0. The van der Waals surface area contributed by atoms with Crippen LogP contribution in [-0.2, 0) is 17.4 Å². The van der Waals surface area contributed by atoms with Gasteiger partial charge in [0.2, 0.25) is 5.91 Å². The number of hydrogen-bond donors (Lipinski definition) is 1. The number of amides is 1. The van der Waals surface area contributed by atoms with E-state index in [-0.39, 0.29) is 29.3 Å². The Balaban J connectivity index is 2.68. The van der Waals surface area contributed by atoms with Crippen molar-refractivity contribution < 1.29 is 18.0 Å². The number of rotatable bonds is 0. The van der Waals surface area contributed by atoms with E-state index in [1.165, 1.54) is 24.1 Å². The molecule has 1 aromatic carbocycles. The molecule has 0 aliphatic carbocycles. The van der Waals surface area contributed by atoms with Crippen LogP contribution in [0.2, 0.25) is 0 Å². The van der Waals surface area contributed by atoms with Gasteiger partial charge in [-0.2, -0.15) is 13.2 Å². The molecule has 1 heterocycles. The molecule has 0 radical (unpaired) electrons. The van der Waals surface area contributed by atoms with E-state index in [1.54, 1.807) is 0 Å². The highest BCUT2D eigenvalue weighted by Crippen LogP contribution is 2.42. The molecule has 1 amide bonds. The summed E-state index contributed by atoms with van der Waals surface area (Å²) in [6.07, 6.45) is -4.77. The van der Waals surface area contributed by atoms with Gasteiger partial charge in [-0.1, -0.05) is 0 Å². The van der Waals surface area contributed by atoms with Gasteiger partial charge in [0.1, 0.15) is 0 Å². The van der Waals surface area contributed by atoms with E-state index >= 15 is 0 Å². The van der Waals surface area contributed by atoms with Gasteiger partial charge in [-0.15, -0.1) is 0 Å². The van der Waals surface area contributed by atoms with Gasteiger partial charge in [-0.25, -0.2) is 0 Å². The van der Waals surface area contributed by atoms with Crippen molar-refractivity contribution in [3.8, 4) is 0 Å². The SMILES string of the molecule is CN1C(=O)Cc2c1ccc(N)c2C(F)(F)F. The first-order valence-electron chi connectivity index (χ1n) is 4.57. The van der Waals surface area contributed by atoms with Gasteiger partial charge in [-0.05, 0) is 17.7 Å². The summed E-state index contributed by atoms with van der Waals surface area (Å²) in [6.45, 7) is 0. The van der Waals surface area contributed by atoms with Crippen LogP contribution in [0.25, 0.3) is 0 Å². The van der Waals surface area contributed by atoms with Gasteiger partial charge in [0.15, 0.2) is 0 Å². The number of carbonyl (C=O) groups excluding carboxylic acids is 1. The molecule has 0 atom stereocenters. The van der Waals surface area contributed by atoms with Crippen LogP contribution in [0.5, 0.6) is 0 Å². The number of nitrogens with zero attached hydrogens (tertiary/aromatic N) is 1. The van der Waals surface area contributed by atoms with Crippen molar-refractivity contribution in [3.05, 3.63) is 23.3 Å². The second kappa shape index (κ2) is 3.13. The molecule has 1 aliphatic rings. The zero-order chi connectivity index (χ0) is 12.1. The van der Waals surface area contributed by atoms with Crippen molar-refractivity contribution in [3.63, 3.8) is 0 Å². The van der Waals surface area contributed by atoms with Crippen molar-refractivity contribution in [1.82, 2.24) is 0 Å². The summed E-state index contributed by atoms with van der Waals surface area (Å²) in [5, 5.41) is 0. The third-order valence-electron chi connectivity index (χ3n) is 2.67. The first kappa shape index (κ1) is 10.8. The number of likely N-dealkylation sites (N-methyl/N-ethyl adjacent to an activating group) is 1. The molecular formula is C10H9F3N2O. The summed E-state index contributed by atoms with van der Waals surface area (Å²) in [5.41, 5.74) is 4.35. The summed E-state index contributed by atoms with van der Waals surface area (Å²) < 4.78 is 38.2. The van der Waals surface area contributed by atoms with Crippen molar-refractivity contribution in [2.45, 2.75) is 12.6 Å². The molecule has 0 spiro atoms. The van der Waals surface area contributed by atoms with Crippen LogP contribution < -0.4 is 10.6 Å². The normalized spacial score (nSPS) is 15.5. The molecule has 0 fully saturated rings. The van der Waals surface area contributed by atoms with Crippen LogP contribution in [0.3, 0.4) is 0 Å². The standard InChI is InChI=1S/C10H9F3N2O/c1-15-7-3-2-6(14)9(10(11,12)13)5(7)4-8(15)16/h2-3H,4,14H2,1H3. The molecular weight excluding hydrogens is 221 g/mol. The van der Waals surface area contributed by atoms with Crippen LogP contribution in [0, 0.1) is 0 Å². The smallest absolute Gasteiger partial charge is 0.398 e. The number of carbonyl (C=O) groups is 1. The largest absolute Gasteiger partial charge is 0.418 e. The highest BCUT2D eigenvalue weighted by Gasteiger charge is 2.40. The Morgan fingerprint density at radius 3 is 2.56 bits per heavy atom. The zero-order valence-electron chi connectivity index (χ0n) is 8.43. The number of anilines is 2. The molecule has 86 valence electrons. The molecule has 3 nitrogen and oxygen atoms in total. The van der Waals surface area contributed by atoms with Crippen LogP contribution in [0.1, 0.15) is 11.1 Å². The Labute approximate surface area is 89.6 Å². The molecule has 2 rings (SSSR count). The van der Waals surface area contributed by atoms with E-state index in [9.17, 15) is 18.0 Å². The van der Waals surface area contributed by atoms with Crippen LogP contribution in [0.15, 0.2) is 12.1 Å². The monoisotopic (exact) mass is 230 g/mol. The molecule has 0 aromatic heterocycles. The molecule has 0 unspecified atom stereocenters. The van der Waals surface area contributed by atoms with Gasteiger partial charge in [-0.3, -0.25) is 4.79 Å². The highest BCUT2D eigenvalue weighted by atomic mass is 19.4. The van der Waals surface area contributed by atoms with Gasteiger partial charge >= 0.3 is 6.18 Å². The average molecular weight is 230 g/mol. The maximum absolute atomic E-state index is 12.7. The van der Waals surface area contributed by atoms with E-state index < -0.39 is 11.7 Å². The lowest BCUT2D eigenvalue weighted by Crippen LogP contribution is -2.20. The number of alkyl halides is 3. The van der Waals surface area contributed by atoms with Crippen LogP contribution in [0.4, 0.5) is 24.5 Å². The zero-order valence-corrected chi connectivity index (χ0v) is 8.43. The lowest BCUT2D eigenvalue weighted by Gasteiger charge is -2.15. The fourth-order valence-corrected chi connectivity index (χ4v) is 1.89. The number of halogens is 3. The number of nitrogen functional groups attached to an aromatic ring is 1. The van der Waals surface area contributed by atoms with Gasteiger partial charge in [0.25, 0.3) is 0 Å². The third-order valence-corrected chi connectivity index (χ3v) is 2.67. The summed E-state index contributed by atoms with van der Waals surface area (Å²) in [7, 11) is 1.45. The molecule has 1 aromatic rings. The van der Waals surface area contributed by atoms with E-state index in [0.29, 0.717) is 0 Å².